The first-order chi connectivity index (χ1) is 9.23. The number of carbonyl (C=O) groups excluding carboxylic acids is 1. The minimum Gasteiger partial charge on any atom is -0.353 e. The standard InChI is InChI=1S/C15H30N4O/c1-14(2,19-9-7-18(4)8-10-19)11-17-13(20)15(3,16)12-5-6-12/h12H,5-11,16H2,1-4H3,(H,17,20). The molecule has 5 nitrogen and oxygen atoms in total. The predicted octanol–water partition coefficient (Wildman–Crippen LogP) is 0.256. The number of hydrogen-bond donors (Lipinski definition) is 2. The summed E-state index contributed by atoms with van der Waals surface area (Å²) in [5.41, 5.74) is 5.45. The van der Waals surface area contributed by atoms with E-state index in [0.29, 0.717) is 12.5 Å². The molecular weight excluding hydrogens is 252 g/mol. The van der Waals surface area contributed by atoms with Crippen molar-refractivity contribution in [2.24, 2.45) is 11.7 Å². The van der Waals surface area contributed by atoms with Gasteiger partial charge in [-0.2, -0.15) is 0 Å². The molecule has 1 aliphatic heterocycles. The van der Waals surface area contributed by atoms with E-state index in [-0.39, 0.29) is 11.4 Å². The molecule has 2 fully saturated rings. The van der Waals surface area contributed by atoms with E-state index in [2.05, 4.69) is 36.0 Å². The quantitative estimate of drug-likeness (QED) is 0.759. The van der Waals surface area contributed by atoms with E-state index in [1.54, 1.807) is 0 Å². The summed E-state index contributed by atoms with van der Waals surface area (Å²) in [6.07, 6.45) is 2.17. The first-order valence-corrected chi connectivity index (χ1v) is 7.74. The van der Waals surface area contributed by atoms with E-state index < -0.39 is 5.54 Å². The Kier molecular flexibility index (Phi) is 4.42. The van der Waals surface area contributed by atoms with Gasteiger partial charge in [0, 0.05) is 38.3 Å². The minimum atomic E-state index is -0.696. The number of rotatable bonds is 5. The van der Waals surface area contributed by atoms with Crippen molar-refractivity contribution in [1.82, 2.24) is 15.1 Å². The van der Waals surface area contributed by atoms with Gasteiger partial charge >= 0.3 is 0 Å². The first-order valence-electron chi connectivity index (χ1n) is 7.74. The van der Waals surface area contributed by atoms with E-state index in [0.717, 1.165) is 39.0 Å². The van der Waals surface area contributed by atoms with Crippen molar-refractivity contribution in [1.29, 1.82) is 0 Å². The number of piperazine rings is 1. The van der Waals surface area contributed by atoms with Crippen LogP contribution in [-0.2, 0) is 4.79 Å². The summed E-state index contributed by atoms with van der Waals surface area (Å²) in [6.45, 7) is 11.2. The maximum atomic E-state index is 12.3. The Morgan fingerprint density at radius 3 is 2.25 bits per heavy atom. The van der Waals surface area contributed by atoms with Crippen LogP contribution in [0, 0.1) is 5.92 Å². The molecule has 5 heteroatoms. The van der Waals surface area contributed by atoms with Gasteiger partial charge < -0.3 is 16.0 Å². The molecule has 2 aliphatic rings. The van der Waals surface area contributed by atoms with Crippen molar-refractivity contribution >= 4 is 5.91 Å². The molecule has 0 radical (unpaired) electrons. The zero-order valence-electron chi connectivity index (χ0n) is 13.4. The highest BCUT2D eigenvalue weighted by Gasteiger charge is 2.44. The van der Waals surface area contributed by atoms with Gasteiger partial charge in [-0.3, -0.25) is 9.69 Å². The second-order valence-corrected chi connectivity index (χ2v) is 7.34. The van der Waals surface area contributed by atoms with Gasteiger partial charge in [0.15, 0.2) is 0 Å². The van der Waals surface area contributed by atoms with E-state index >= 15 is 0 Å². The van der Waals surface area contributed by atoms with Crippen LogP contribution in [0.4, 0.5) is 0 Å². The zero-order chi connectivity index (χ0) is 15.0. The second kappa shape index (κ2) is 5.62. The number of carbonyl (C=O) groups is 1. The summed E-state index contributed by atoms with van der Waals surface area (Å²) in [5, 5.41) is 3.07. The number of nitrogens with zero attached hydrogens (tertiary/aromatic N) is 2. The van der Waals surface area contributed by atoms with Gasteiger partial charge in [-0.15, -0.1) is 0 Å². The van der Waals surface area contributed by atoms with Crippen LogP contribution in [0.5, 0.6) is 0 Å². The van der Waals surface area contributed by atoms with Crippen molar-refractivity contribution < 1.29 is 4.79 Å². The Balaban J connectivity index is 1.84. The van der Waals surface area contributed by atoms with Crippen molar-refractivity contribution in [3.8, 4) is 0 Å². The average molecular weight is 282 g/mol. The van der Waals surface area contributed by atoms with Gasteiger partial charge in [-0.05, 0) is 46.6 Å². The van der Waals surface area contributed by atoms with E-state index in [1.165, 1.54) is 0 Å². The Hall–Kier alpha value is -0.650. The summed E-state index contributed by atoms with van der Waals surface area (Å²) in [4.78, 5) is 17.1. The molecule has 0 aromatic rings. The topological polar surface area (TPSA) is 61.6 Å². The third-order valence-electron chi connectivity index (χ3n) is 4.96. The molecule has 20 heavy (non-hydrogen) atoms. The largest absolute Gasteiger partial charge is 0.353 e. The van der Waals surface area contributed by atoms with Gasteiger partial charge in [0.2, 0.25) is 5.91 Å². The summed E-state index contributed by atoms with van der Waals surface area (Å²) < 4.78 is 0. The van der Waals surface area contributed by atoms with Gasteiger partial charge in [0.1, 0.15) is 0 Å². The smallest absolute Gasteiger partial charge is 0.240 e. The maximum Gasteiger partial charge on any atom is 0.240 e. The summed E-state index contributed by atoms with van der Waals surface area (Å²) >= 11 is 0. The Labute approximate surface area is 122 Å². The van der Waals surface area contributed by atoms with Crippen LogP contribution in [0.1, 0.15) is 33.6 Å². The number of nitrogens with two attached hydrogens (primary N) is 1. The van der Waals surface area contributed by atoms with E-state index in [4.69, 9.17) is 5.73 Å². The average Bonchev–Trinajstić information content (AvgIpc) is 3.21. The fraction of sp³-hybridized carbons (Fsp3) is 0.933. The van der Waals surface area contributed by atoms with E-state index in [9.17, 15) is 4.79 Å². The molecular formula is C15H30N4O. The fourth-order valence-corrected chi connectivity index (χ4v) is 2.88. The molecule has 1 heterocycles. The lowest BCUT2D eigenvalue weighted by atomic mass is 9.95. The molecule has 116 valence electrons. The molecule has 1 atom stereocenters. The summed E-state index contributed by atoms with van der Waals surface area (Å²) in [6, 6.07) is 0. The monoisotopic (exact) mass is 282 g/mol. The predicted molar refractivity (Wildman–Crippen MR) is 81.5 cm³/mol. The van der Waals surface area contributed by atoms with Crippen LogP contribution < -0.4 is 11.1 Å². The molecule has 0 aromatic carbocycles. The number of amides is 1. The molecule has 2 rings (SSSR count). The molecule has 0 spiro atoms. The highest BCUT2D eigenvalue weighted by Crippen LogP contribution is 2.38. The third-order valence-corrected chi connectivity index (χ3v) is 4.96. The highest BCUT2D eigenvalue weighted by atomic mass is 16.2. The van der Waals surface area contributed by atoms with Crippen LogP contribution in [-0.4, -0.2) is 66.6 Å². The molecule has 1 aliphatic carbocycles. The third kappa shape index (κ3) is 3.51. The molecule has 3 N–H and O–H groups in total. The van der Waals surface area contributed by atoms with E-state index in [1.807, 2.05) is 6.92 Å². The minimum absolute atomic E-state index is 0.00204. The first kappa shape index (κ1) is 15.7. The van der Waals surface area contributed by atoms with Crippen LogP contribution in [0.25, 0.3) is 0 Å². The number of hydrogen-bond acceptors (Lipinski definition) is 4. The maximum absolute atomic E-state index is 12.3. The number of nitrogens with one attached hydrogen (secondary N) is 1. The summed E-state index contributed by atoms with van der Waals surface area (Å²) in [7, 11) is 2.15. The molecule has 0 bridgehead atoms. The highest BCUT2D eigenvalue weighted by molar-refractivity contribution is 5.86. The lowest BCUT2D eigenvalue weighted by Gasteiger charge is -2.43. The van der Waals surface area contributed by atoms with Crippen LogP contribution in [0.3, 0.4) is 0 Å². The number of likely N-dealkylation sites (N-methyl/N-ethyl adjacent to an activating group) is 1. The van der Waals surface area contributed by atoms with Gasteiger partial charge in [0.05, 0.1) is 5.54 Å². The molecule has 1 amide bonds. The van der Waals surface area contributed by atoms with Crippen molar-refractivity contribution in [2.45, 2.75) is 44.7 Å². The van der Waals surface area contributed by atoms with Gasteiger partial charge in [0.25, 0.3) is 0 Å². The van der Waals surface area contributed by atoms with Crippen LogP contribution in [0.2, 0.25) is 0 Å². The molecule has 1 unspecified atom stereocenters. The van der Waals surface area contributed by atoms with Crippen molar-refractivity contribution in [3.63, 3.8) is 0 Å². The second-order valence-electron chi connectivity index (χ2n) is 7.34. The Morgan fingerprint density at radius 1 is 1.20 bits per heavy atom. The van der Waals surface area contributed by atoms with Crippen molar-refractivity contribution in [2.75, 3.05) is 39.8 Å². The van der Waals surface area contributed by atoms with Crippen LogP contribution >= 0.6 is 0 Å². The molecule has 1 saturated carbocycles. The zero-order valence-corrected chi connectivity index (χ0v) is 13.4. The fourth-order valence-electron chi connectivity index (χ4n) is 2.88. The lowest BCUT2D eigenvalue weighted by Crippen LogP contribution is -2.61. The molecule has 1 saturated heterocycles. The van der Waals surface area contributed by atoms with Crippen molar-refractivity contribution in [3.05, 3.63) is 0 Å². The van der Waals surface area contributed by atoms with Crippen LogP contribution in [0.15, 0.2) is 0 Å². The Bertz CT molecular complexity index is 355. The van der Waals surface area contributed by atoms with Gasteiger partial charge in [-0.25, -0.2) is 0 Å². The SMILES string of the molecule is CN1CCN(C(C)(C)CNC(=O)C(C)(N)C2CC2)CC1. The normalized spacial score (nSPS) is 25.2. The van der Waals surface area contributed by atoms with Gasteiger partial charge in [-0.1, -0.05) is 0 Å². The summed E-state index contributed by atoms with van der Waals surface area (Å²) in [5.74, 6) is 0.372. The molecule has 0 aromatic heterocycles. The Morgan fingerprint density at radius 2 is 1.75 bits per heavy atom. The lowest BCUT2D eigenvalue weighted by molar-refractivity contribution is -0.127.